The molecule has 4 unspecified atom stereocenters. The highest BCUT2D eigenvalue weighted by Crippen LogP contribution is 2.58. The standard InChI is InChI=1S/C116H172N4O8/c1-17-21-25-29-33-37-41-45-61-73-93-97-77-102(114(126-14)105(109(97)121)81-117(9)85(5)89-65-53-49-54-66-89)95(75-63-47-43-39-35-31-27-23-19-3)99-79-104(116(128-16)107(111(99)123)83-119(11)87(7)91-69-57-51-58-70-91)96(76-64-48-44-40-36-32-28-24-20-4)100-80-103(115(127-15)108(112(100)124)84-120(12)88(8)92-71-59-52-60-72-92)94(74-62-46-42-38-34-30-26-22-18-2)98-78-101(93)113(125-13)106(110(98)122)82-118(10)86(6)90-67-55-50-56-68-90/h49-60,65-72,77-80,85-88,93-96,121-124H,17-48,61-64,73-76,81-84H2,1-16H3/t85-,86-,87-,88-,93?,94?,95?,96?/m1/s1. The van der Waals surface area contributed by atoms with Crippen LogP contribution in [0.4, 0.5) is 0 Å². The van der Waals surface area contributed by atoms with Crippen molar-refractivity contribution in [3.8, 4) is 46.0 Å². The van der Waals surface area contributed by atoms with Gasteiger partial charge in [-0.25, -0.2) is 0 Å². The molecule has 0 aliphatic heterocycles. The van der Waals surface area contributed by atoms with Crippen LogP contribution >= 0.6 is 0 Å². The summed E-state index contributed by atoms with van der Waals surface area (Å²) in [6, 6.07) is 51.8. The number of phenols is 4. The first-order chi connectivity index (χ1) is 62.3. The van der Waals surface area contributed by atoms with E-state index in [-0.39, 0.29) is 47.2 Å². The van der Waals surface area contributed by atoms with Gasteiger partial charge in [-0.2, -0.15) is 0 Å². The van der Waals surface area contributed by atoms with Gasteiger partial charge < -0.3 is 39.4 Å². The zero-order valence-corrected chi connectivity index (χ0v) is 82.8. The highest BCUT2D eigenvalue weighted by molar-refractivity contribution is 5.69. The second-order valence-electron chi connectivity index (χ2n) is 38.3. The van der Waals surface area contributed by atoms with E-state index in [1.165, 1.54) is 128 Å². The lowest BCUT2D eigenvalue weighted by Crippen LogP contribution is -2.24. The number of aromatic hydroxyl groups is 4. The lowest BCUT2D eigenvalue weighted by atomic mass is 9.74. The predicted molar refractivity (Wildman–Crippen MR) is 539 cm³/mol. The number of phenolic OH excluding ortho intramolecular Hbond substituents is 4. The van der Waals surface area contributed by atoms with Gasteiger partial charge in [0.1, 0.15) is 46.0 Å². The summed E-state index contributed by atoms with van der Waals surface area (Å²) in [4.78, 5) is 9.39. The Morgan fingerprint density at radius 3 is 0.547 bits per heavy atom. The Bertz CT molecular complexity index is 3900. The fourth-order valence-electron chi connectivity index (χ4n) is 20.7. The fourth-order valence-corrected chi connectivity index (χ4v) is 20.7. The lowest BCUT2D eigenvalue weighted by molar-refractivity contribution is 0.243. The van der Waals surface area contributed by atoms with Crippen LogP contribution in [0.25, 0.3) is 0 Å². The van der Waals surface area contributed by atoms with E-state index < -0.39 is 23.7 Å². The van der Waals surface area contributed by atoms with E-state index >= 15 is 0 Å². The zero-order chi connectivity index (χ0) is 91.7. The van der Waals surface area contributed by atoms with Crippen molar-refractivity contribution in [1.82, 2.24) is 19.6 Å². The van der Waals surface area contributed by atoms with Crippen molar-refractivity contribution in [2.45, 2.75) is 386 Å². The number of benzene rings is 8. The molecular weight excluding hydrogens is 1580 g/mol. The maximum absolute atomic E-state index is 14.6. The molecule has 8 aromatic carbocycles. The van der Waals surface area contributed by atoms with Crippen LogP contribution in [-0.4, -0.2) is 96.7 Å². The van der Waals surface area contributed by atoms with Crippen LogP contribution in [0.2, 0.25) is 0 Å². The first kappa shape index (κ1) is 104. The maximum atomic E-state index is 14.6. The number of methoxy groups -OCH3 is 4. The number of nitrogens with zero attached hydrogens (tertiary/aromatic N) is 4. The first-order valence-electron chi connectivity index (χ1n) is 51.0. The third-order valence-electron chi connectivity index (χ3n) is 29.2. The Balaban J connectivity index is 1.50. The predicted octanol–water partition coefficient (Wildman–Crippen LogP) is 31.8. The molecule has 0 heterocycles. The molecule has 8 atom stereocenters. The molecule has 1 aliphatic carbocycles. The van der Waals surface area contributed by atoms with Crippen LogP contribution in [0, 0.1) is 0 Å². The van der Waals surface area contributed by atoms with Gasteiger partial charge >= 0.3 is 0 Å². The van der Waals surface area contributed by atoms with Gasteiger partial charge in [0.15, 0.2) is 0 Å². The average molecular weight is 1750 g/mol. The van der Waals surface area contributed by atoms with Crippen molar-refractivity contribution in [3.63, 3.8) is 0 Å². The molecular formula is C116H172N4O8. The number of rotatable bonds is 60. The molecule has 8 bridgehead atoms. The minimum absolute atomic E-state index is 0.0683. The quantitative estimate of drug-likeness (QED) is 0.0271. The van der Waals surface area contributed by atoms with Gasteiger partial charge in [0.05, 0.1) is 50.7 Å². The van der Waals surface area contributed by atoms with Gasteiger partial charge in [0.25, 0.3) is 0 Å². The molecule has 0 radical (unpaired) electrons. The summed E-state index contributed by atoms with van der Waals surface area (Å²) in [6.07, 6.45) is 43.7. The van der Waals surface area contributed by atoms with E-state index in [0.717, 1.165) is 169 Å². The zero-order valence-electron chi connectivity index (χ0n) is 82.8. The molecule has 0 spiro atoms. The van der Waals surface area contributed by atoms with Crippen LogP contribution in [0.5, 0.6) is 46.0 Å². The van der Waals surface area contributed by atoms with Crippen LogP contribution in [0.15, 0.2) is 146 Å². The molecule has 4 N–H and O–H groups in total. The smallest absolute Gasteiger partial charge is 0.130 e. The van der Waals surface area contributed by atoms with Crippen molar-refractivity contribution in [3.05, 3.63) is 235 Å². The molecule has 704 valence electrons. The Morgan fingerprint density at radius 2 is 0.391 bits per heavy atom. The second-order valence-corrected chi connectivity index (χ2v) is 38.3. The number of fused-ring (bicyclic) bond motifs is 8. The third kappa shape index (κ3) is 29.0. The first-order valence-corrected chi connectivity index (χ1v) is 51.0. The summed E-state index contributed by atoms with van der Waals surface area (Å²) in [6.45, 7) is 19.5. The van der Waals surface area contributed by atoms with Gasteiger partial charge in [-0.15, -0.1) is 0 Å². The normalized spacial score (nSPS) is 15.6. The number of hydrogen-bond acceptors (Lipinski definition) is 12. The van der Waals surface area contributed by atoms with E-state index in [1.807, 2.05) is 0 Å². The van der Waals surface area contributed by atoms with E-state index in [1.54, 1.807) is 28.4 Å². The molecule has 8 aromatic rings. The van der Waals surface area contributed by atoms with E-state index in [0.29, 0.717) is 97.1 Å². The Labute approximate surface area is 777 Å². The highest BCUT2D eigenvalue weighted by Gasteiger charge is 2.40. The van der Waals surface area contributed by atoms with Gasteiger partial charge in [-0.3, -0.25) is 19.6 Å². The number of hydrogen-bond donors (Lipinski definition) is 4. The van der Waals surface area contributed by atoms with Crippen LogP contribution in [0.1, 0.15) is 449 Å². The Kier molecular flexibility index (Phi) is 45.4. The fraction of sp³-hybridized carbons (Fsp3) is 0.586. The van der Waals surface area contributed by atoms with Crippen molar-refractivity contribution >= 4 is 0 Å². The van der Waals surface area contributed by atoms with Crippen molar-refractivity contribution in [2.24, 2.45) is 0 Å². The summed E-state index contributed by atoms with van der Waals surface area (Å²) in [5.41, 5.74) is 14.1. The topological polar surface area (TPSA) is 131 Å². The monoisotopic (exact) mass is 1750 g/mol. The van der Waals surface area contributed by atoms with E-state index in [2.05, 4.69) is 249 Å². The maximum Gasteiger partial charge on any atom is 0.130 e. The molecule has 12 heteroatoms. The molecule has 9 rings (SSSR count). The number of ether oxygens (including phenoxy) is 4. The third-order valence-corrected chi connectivity index (χ3v) is 29.2. The summed E-state index contributed by atoms with van der Waals surface area (Å²) in [5.74, 6) is 1.11. The van der Waals surface area contributed by atoms with Gasteiger partial charge in [0, 0.05) is 119 Å². The summed E-state index contributed by atoms with van der Waals surface area (Å²) in [5, 5.41) is 58.4. The molecule has 128 heavy (non-hydrogen) atoms. The van der Waals surface area contributed by atoms with Gasteiger partial charge in [-0.05, 0) is 128 Å². The SMILES string of the molecule is CCCCCCCCCCCC1c2cc(c(OC)c(CN(C)[C@H](C)c3ccccc3)c2O)C(CCCCCCCCCCC)c2cc(c(OC)c(CN(C)[C@H](C)c3ccccc3)c2O)C(CCCCCCCCCCC)c2cc(c(OC)c(CN(C)[C@H](C)c3ccccc3)c2O)C(CCCCCCCCCCC)c2cc1c(OC)c(CN(C)[C@H](C)c1ccccc1)c2O. The largest absolute Gasteiger partial charge is 0.507 e. The van der Waals surface area contributed by atoms with Crippen molar-refractivity contribution < 1.29 is 39.4 Å². The minimum atomic E-state index is -0.510. The Hall–Kier alpha value is -8.00. The molecule has 0 fully saturated rings. The highest BCUT2D eigenvalue weighted by atomic mass is 16.5. The molecule has 12 nitrogen and oxygen atoms in total. The average Bonchev–Trinajstić information content (AvgIpc) is 0.730. The Morgan fingerprint density at radius 1 is 0.234 bits per heavy atom. The van der Waals surface area contributed by atoms with E-state index in [9.17, 15) is 20.4 Å². The molecule has 0 saturated carbocycles. The van der Waals surface area contributed by atoms with Crippen LogP contribution in [-0.2, 0) is 26.2 Å². The van der Waals surface area contributed by atoms with E-state index in [4.69, 9.17) is 18.9 Å². The van der Waals surface area contributed by atoms with Gasteiger partial charge in [-0.1, -0.05) is 380 Å². The van der Waals surface area contributed by atoms with Crippen LogP contribution < -0.4 is 18.9 Å². The van der Waals surface area contributed by atoms with Crippen LogP contribution in [0.3, 0.4) is 0 Å². The lowest BCUT2D eigenvalue weighted by Gasteiger charge is -2.35. The van der Waals surface area contributed by atoms with Crippen molar-refractivity contribution in [2.75, 3.05) is 56.6 Å². The molecule has 0 aromatic heterocycles. The number of unbranched alkanes of at least 4 members (excludes halogenated alkanes) is 32. The second kappa shape index (κ2) is 56.0. The molecule has 0 saturated heterocycles. The molecule has 0 amide bonds. The summed E-state index contributed by atoms with van der Waals surface area (Å²) in [7, 11) is 15.8. The summed E-state index contributed by atoms with van der Waals surface area (Å²) < 4.78 is 28.7. The minimum Gasteiger partial charge on any atom is -0.507 e. The molecule has 1 aliphatic rings. The summed E-state index contributed by atoms with van der Waals surface area (Å²) >= 11 is 0. The van der Waals surface area contributed by atoms with Crippen molar-refractivity contribution in [1.29, 1.82) is 0 Å². The van der Waals surface area contributed by atoms with Gasteiger partial charge in [0.2, 0.25) is 0 Å².